The lowest BCUT2D eigenvalue weighted by Crippen LogP contribution is -2.37. The zero-order valence-electron chi connectivity index (χ0n) is 9.54. The molecule has 0 aliphatic rings. The Balaban J connectivity index is 2.82. The molecule has 1 atom stereocenters. The minimum Gasteiger partial charge on any atom is -0.481 e. The van der Waals surface area contributed by atoms with Crippen molar-refractivity contribution in [2.75, 3.05) is 5.32 Å². The number of carboxylic acid groups (broad SMARTS) is 1. The Kier molecular flexibility index (Phi) is 4.80. The van der Waals surface area contributed by atoms with Crippen LogP contribution in [0.15, 0.2) is 16.6 Å². The van der Waals surface area contributed by atoms with Crippen LogP contribution < -0.4 is 11.1 Å². The predicted octanol–water partition coefficient (Wildman–Crippen LogP) is 1.64. The van der Waals surface area contributed by atoms with Gasteiger partial charge in [0.2, 0.25) is 5.91 Å². The van der Waals surface area contributed by atoms with Crippen LogP contribution in [0, 0.1) is 12.7 Å². The second-order valence-corrected chi connectivity index (χ2v) is 4.63. The summed E-state index contributed by atoms with van der Waals surface area (Å²) >= 11 is 3.02. The number of nitrogens with two attached hydrogens (primary N) is 1. The van der Waals surface area contributed by atoms with Gasteiger partial charge in [-0.3, -0.25) is 9.59 Å². The van der Waals surface area contributed by atoms with Gasteiger partial charge in [-0.15, -0.1) is 0 Å². The SMILES string of the molecule is Cc1cc(Br)c(F)cc1NC(=O)C(N)CC(=O)O. The topological polar surface area (TPSA) is 92.4 Å². The number of anilines is 1. The van der Waals surface area contributed by atoms with Crippen molar-refractivity contribution in [1.82, 2.24) is 0 Å². The molecule has 1 rings (SSSR count). The van der Waals surface area contributed by atoms with E-state index in [1.54, 1.807) is 6.92 Å². The molecule has 5 nitrogen and oxygen atoms in total. The first-order chi connectivity index (χ1) is 8.31. The Labute approximate surface area is 111 Å². The number of carboxylic acids is 1. The minimum atomic E-state index is -1.17. The number of hydrogen-bond donors (Lipinski definition) is 3. The number of aliphatic carboxylic acids is 1. The molecule has 98 valence electrons. The van der Waals surface area contributed by atoms with Crippen molar-refractivity contribution >= 4 is 33.5 Å². The van der Waals surface area contributed by atoms with Crippen LogP contribution in [0.2, 0.25) is 0 Å². The molecule has 0 aromatic heterocycles. The van der Waals surface area contributed by atoms with Gasteiger partial charge in [-0.25, -0.2) is 4.39 Å². The lowest BCUT2D eigenvalue weighted by molar-refractivity contribution is -0.138. The van der Waals surface area contributed by atoms with Gasteiger partial charge in [0.05, 0.1) is 16.9 Å². The zero-order chi connectivity index (χ0) is 13.9. The summed E-state index contributed by atoms with van der Waals surface area (Å²) in [5.74, 6) is -2.36. The third-order valence-corrected chi connectivity index (χ3v) is 2.86. The van der Waals surface area contributed by atoms with Crippen molar-refractivity contribution in [3.63, 3.8) is 0 Å². The summed E-state index contributed by atoms with van der Waals surface area (Å²) in [5.41, 5.74) is 6.29. The molecule has 1 aromatic carbocycles. The number of amides is 1. The molecule has 0 spiro atoms. The summed E-state index contributed by atoms with van der Waals surface area (Å²) in [4.78, 5) is 22.0. The van der Waals surface area contributed by atoms with Crippen molar-refractivity contribution in [2.45, 2.75) is 19.4 Å². The van der Waals surface area contributed by atoms with Crippen LogP contribution >= 0.6 is 15.9 Å². The number of benzene rings is 1. The number of carbonyl (C=O) groups is 2. The molecule has 0 fully saturated rings. The quantitative estimate of drug-likeness (QED) is 0.786. The molecule has 0 radical (unpaired) electrons. The standard InChI is InChI=1S/C11H12BrFN2O3/c1-5-2-6(12)7(13)3-9(5)15-11(18)8(14)4-10(16)17/h2-3,8H,4,14H2,1H3,(H,15,18)(H,16,17). The number of nitrogens with one attached hydrogen (secondary N) is 1. The summed E-state index contributed by atoms with van der Waals surface area (Å²) < 4.78 is 13.6. The normalized spacial score (nSPS) is 12.0. The summed E-state index contributed by atoms with van der Waals surface area (Å²) in [7, 11) is 0. The molecule has 1 aromatic rings. The van der Waals surface area contributed by atoms with E-state index in [2.05, 4.69) is 21.2 Å². The lowest BCUT2D eigenvalue weighted by Gasteiger charge is -2.12. The van der Waals surface area contributed by atoms with E-state index < -0.39 is 30.2 Å². The van der Waals surface area contributed by atoms with Crippen molar-refractivity contribution in [1.29, 1.82) is 0 Å². The fraction of sp³-hybridized carbons (Fsp3) is 0.273. The first-order valence-electron chi connectivity index (χ1n) is 5.05. The third-order valence-electron chi connectivity index (χ3n) is 2.26. The third kappa shape index (κ3) is 3.78. The molecule has 1 unspecified atom stereocenters. The first-order valence-corrected chi connectivity index (χ1v) is 5.84. The van der Waals surface area contributed by atoms with E-state index in [0.29, 0.717) is 5.56 Å². The van der Waals surface area contributed by atoms with Crippen LogP contribution in [0.1, 0.15) is 12.0 Å². The molecule has 0 saturated heterocycles. The van der Waals surface area contributed by atoms with E-state index >= 15 is 0 Å². The molecular formula is C11H12BrFN2O3. The van der Waals surface area contributed by atoms with Crippen LogP contribution in [0.3, 0.4) is 0 Å². The second kappa shape index (κ2) is 5.92. The van der Waals surface area contributed by atoms with Crippen molar-refractivity contribution in [3.05, 3.63) is 28.0 Å². The van der Waals surface area contributed by atoms with Gasteiger partial charge in [-0.05, 0) is 40.5 Å². The van der Waals surface area contributed by atoms with Gasteiger partial charge in [-0.1, -0.05) is 0 Å². The molecule has 4 N–H and O–H groups in total. The molecule has 0 aliphatic heterocycles. The Morgan fingerprint density at radius 1 is 1.56 bits per heavy atom. The highest BCUT2D eigenvalue weighted by atomic mass is 79.9. The summed E-state index contributed by atoms with van der Waals surface area (Å²) in [6.07, 6.45) is -0.482. The molecule has 0 heterocycles. The second-order valence-electron chi connectivity index (χ2n) is 3.77. The molecule has 1 amide bonds. The highest BCUT2D eigenvalue weighted by Crippen LogP contribution is 2.24. The Morgan fingerprint density at radius 2 is 2.17 bits per heavy atom. The predicted molar refractivity (Wildman–Crippen MR) is 67.7 cm³/mol. The van der Waals surface area contributed by atoms with Crippen LogP contribution in [-0.2, 0) is 9.59 Å². The Hall–Kier alpha value is -1.47. The van der Waals surface area contributed by atoms with Crippen molar-refractivity contribution in [2.24, 2.45) is 5.73 Å². The lowest BCUT2D eigenvalue weighted by atomic mass is 10.1. The van der Waals surface area contributed by atoms with Crippen LogP contribution in [-0.4, -0.2) is 23.0 Å². The van der Waals surface area contributed by atoms with Gasteiger partial charge < -0.3 is 16.2 Å². The van der Waals surface area contributed by atoms with Gasteiger partial charge in [0.15, 0.2) is 0 Å². The largest absolute Gasteiger partial charge is 0.481 e. The van der Waals surface area contributed by atoms with Crippen molar-refractivity contribution in [3.8, 4) is 0 Å². The van der Waals surface area contributed by atoms with Gasteiger partial charge in [-0.2, -0.15) is 0 Å². The van der Waals surface area contributed by atoms with E-state index in [-0.39, 0.29) is 10.2 Å². The number of aryl methyl sites for hydroxylation is 1. The van der Waals surface area contributed by atoms with Gasteiger partial charge in [0.25, 0.3) is 0 Å². The van der Waals surface area contributed by atoms with Gasteiger partial charge in [0.1, 0.15) is 5.82 Å². The molecule has 0 bridgehead atoms. The minimum absolute atomic E-state index is 0.265. The maximum atomic E-state index is 13.3. The maximum absolute atomic E-state index is 13.3. The van der Waals surface area contributed by atoms with E-state index in [1.807, 2.05) is 0 Å². The summed E-state index contributed by atoms with van der Waals surface area (Å²) in [5, 5.41) is 10.9. The number of halogens is 2. The maximum Gasteiger partial charge on any atom is 0.305 e. The number of carbonyl (C=O) groups excluding carboxylic acids is 1. The number of rotatable bonds is 4. The average Bonchev–Trinajstić information content (AvgIpc) is 2.24. The van der Waals surface area contributed by atoms with E-state index in [4.69, 9.17) is 10.8 Å². The average molecular weight is 319 g/mol. The van der Waals surface area contributed by atoms with Crippen LogP contribution in [0.25, 0.3) is 0 Å². The highest BCUT2D eigenvalue weighted by molar-refractivity contribution is 9.10. The van der Waals surface area contributed by atoms with E-state index in [9.17, 15) is 14.0 Å². The fourth-order valence-corrected chi connectivity index (χ4v) is 1.75. The molecule has 7 heteroatoms. The van der Waals surface area contributed by atoms with Crippen LogP contribution in [0.4, 0.5) is 10.1 Å². The Bertz CT molecular complexity index is 493. The highest BCUT2D eigenvalue weighted by Gasteiger charge is 2.18. The fourth-order valence-electron chi connectivity index (χ4n) is 1.29. The summed E-state index contributed by atoms with van der Waals surface area (Å²) in [6, 6.07) is 1.48. The van der Waals surface area contributed by atoms with E-state index in [0.717, 1.165) is 6.07 Å². The molecule has 0 aliphatic carbocycles. The van der Waals surface area contributed by atoms with E-state index in [1.165, 1.54) is 6.07 Å². The Morgan fingerprint density at radius 3 is 2.72 bits per heavy atom. The van der Waals surface area contributed by atoms with Gasteiger partial charge >= 0.3 is 5.97 Å². The molecule has 0 saturated carbocycles. The first kappa shape index (κ1) is 14.6. The van der Waals surface area contributed by atoms with Crippen molar-refractivity contribution < 1.29 is 19.1 Å². The smallest absolute Gasteiger partial charge is 0.305 e. The molecule has 18 heavy (non-hydrogen) atoms. The molecular weight excluding hydrogens is 307 g/mol. The summed E-state index contributed by atoms with van der Waals surface area (Å²) in [6.45, 7) is 1.68. The zero-order valence-corrected chi connectivity index (χ0v) is 11.1. The number of hydrogen-bond acceptors (Lipinski definition) is 3. The van der Waals surface area contributed by atoms with Gasteiger partial charge in [0, 0.05) is 5.69 Å². The van der Waals surface area contributed by atoms with Crippen LogP contribution in [0.5, 0.6) is 0 Å². The monoisotopic (exact) mass is 318 g/mol.